The molecular weight excluding hydrogens is 454 g/mol. The number of aryl methyl sites for hydroxylation is 2. The molecule has 4 rings (SSSR count). The molecule has 0 amide bonds. The summed E-state index contributed by atoms with van der Waals surface area (Å²) in [7, 11) is 0. The van der Waals surface area contributed by atoms with Crippen molar-refractivity contribution in [2.45, 2.75) is 52.7 Å². The molecule has 0 heterocycles. The smallest absolute Gasteiger partial charge is 0.307 e. The Labute approximate surface area is 221 Å². The number of benzene rings is 4. The fourth-order valence-corrected chi connectivity index (χ4v) is 4.89. The zero-order valence-electron chi connectivity index (χ0n) is 22.4. The Morgan fingerprint density at radius 1 is 0.757 bits per heavy atom. The highest BCUT2D eigenvalue weighted by Crippen LogP contribution is 2.36. The average Bonchev–Trinajstić information content (AvgIpc) is 2.93. The molecule has 0 unspecified atom stereocenters. The number of ether oxygens (including phenoxy) is 1. The predicted molar refractivity (Wildman–Crippen MR) is 152 cm³/mol. The highest BCUT2D eigenvalue weighted by molar-refractivity contribution is 5.71. The van der Waals surface area contributed by atoms with Crippen LogP contribution in [-0.4, -0.2) is 17.5 Å². The first kappa shape index (κ1) is 26.4. The van der Waals surface area contributed by atoms with E-state index < -0.39 is 0 Å². The summed E-state index contributed by atoms with van der Waals surface area (Å²) >= 11 is 0. The maximum absolute atomic E-state index is 12.9. The Morgan fingerprint density at radius 2 is 1.41 bits per heavy atom. The minimum atomic E-state index is -0.178. The van der Waals surface area contributed by atoms with Crippen molar-refractivity contribution in [2.75, 3.05) is 6.61 Å². The molecule has 4 aromatic rings. The van der Waals surface area contributed by atoms with E-state index in [1.54, 1.807) is 0 Å². The van der Waals surface area contributed by atoms with E-state index in [1.165, 1.54) is 27.8 Å². The molecule has 0 fully saturated rings. The van der Waals surface area contributed by atoms with E-state index >= 15 is 0 Å². The van der Waals surface area contributed by atoms with Crippen LogP contribution in [-0.2, 0) is 16.1 Å². The van der Waals surface area contributed by atoms with Gasteiger partial charge in [-0.25, -0.2) is 0 Å². The number of nitrogens with zero attached hydrogens (tertiary/aromatic N) is 1. The minimum absolute atomic E-state index is 0.0890. The molecule has 2 atom stereocenters. The molecule has 0 saturated carbocycles. The van der Waals surface area contributed by atoms with Gasteiger partial charge in [0.2, 0.25) is 0 Å². The van der Waals surface area contributed by atoms with Gasteiger partial charge in [0, 0.05) is 18.6 Å². The lowest BCUT2D eigenvalue weighted by Gasteiger charge is -2.37. The normalized spacial score (nSPS) is 12.8. The number of rotatable bonds is 10. The summed E-state index contributed by atoms with van der Waals surface area (Å²) in [6.45, 7) is 9.47. The molecule has 0 saturated heterocycles. The molecule has 3 heteroatoms. The van der Waals surface area contributed by atoms with Crippen LogP contribution < -0.4 is 0 Å². The molecule has 0 aliphatic rings. The van der Waals surface area contributed by atoms with Gasteiger partial charge >= 0.3 is 5.97 Å². The third kappa shape index (κ3) is 6.75. The summed E-state index contributed by atoms with van der Waals surface area (Å²) in [6.07, 6.45) is 0.286. The van der Waals surface area contributed by atoms with Gasteiger partial charge in [0.1, 0.15) is 0 Å². The fraction of sp³-hybridized carbons (Fsp3) is 0.265. The minimum Gasteiger partial charge on any atom is -0.466 e. The molecule has 0 bridgehead atoms. The summed E-state index contributed by atoms with van der Waals surface area (Å²) in [5.74, 6) is -0.178. The van der Waals surface area contributed by atoms with E-state index in [1.807, 2.05) is 19.1 Å². The summed E-state index contributed by atoms with van der Waals surface area (Å²) in [6, 6.07) is 36.2. The van der Waals surface area contributed by atoms with Crippen molar-refractivity contribution in [2.24, 2.45) is 0 Å². The van der Waals surface area contributed by atoms with Crippen molar-refractivity contribution < 1.29 is 9.53 Å². The van der Waals surface area contributed by atoms with Gasteiger partial charge in [-0.1, -0.05) is 97.1 Å². The Hall–Kier alpha value is -3.69. The van der Waals surface area contributed by atoms with Crippen LogP contribution in [0.3, 0.4) is 0 Å². The monoisotopic (exact) mass is 491 g/mol. The molecule has 4 aromatic carbocycles. The highest BCUT2D eigenvalue weighted by Gasteiger charge is 2.29. The van der Waals surface area contributed by atoms with E-state index in [0.717, 1.165) is 17.7 Å². The van der Waals surface area contributed by atoms with Crippen LogP contribution in [0.4, 0.5) is 0 Å². The maximum Gasteiger partial charge on any atom is 0.307 e. The Kier molecular flexibility index (Phi) is 8.92. The van der Waals surface area contributed by atoms with Gasteiger partial charge in [0.05, 0.1) is 13.0 Å². The molecule has 0 aromatic heterocycles. The Balaban J connectivity index is 1.79. The molecule has 0 aliphatic carbocycles. The molecule has 3 nitrogen and oxygen atoms in total. The zero-order chi connectivity index (χ0) is 26.2. The molecular formula is C34H37NO2. The van der Waals surface area contributed by atoms with Crippen LogP contribution in [0.25, 0.3) is 11.1 Å². The lowest BCUT2D eigenvalue weighted by molar-refractivity contribution is -0.145. The van der Waals surface area contributed by atoms with Gasteiger partial charge in [-0.3, -0.25) is 9.69 Å². The van der Waals surface area contributed by atoms with Crippen molar-refractivity contribution >= 4 is 5.97 Å². The van der Waals surface area contributed by atoms with Crippen molar-refractivity contribution in [3.63, 3.8) is 0 Å². The van der Waals surface area contributed by atoms with E-state index in [9.17, 15) is 4.79 Å². The van der Waals surface area contributed by atoms with Gasteiger partial charge in [-0.15, -0.1) is 0 Å². The molecule has 0 spiro atoms. The van der Waals surface area contributed by atoms with Crippen LogP contribution in [0.1, 0.15) is 60.2 Å². The molecule has 0 N–H and O–H groups in total. The second kappa shape index (κ2) is 12.5. The summed E-state index contributed by atoms with van der Waals surface area (Å²) in [4.78, 5) is 15.4. The number of hydrogen-bond acceptors (Lipinski definition) is 3. The van der Waals surface area contributed by atoms with Crippen LogP contribution in [0.15, 0.2) is 103 Å². The van der Waals surface area contributed by atoms with E-state index in [0.29, 0.717) is 6.61 Å². The third-order valence-electron chi connectivity index (χ3n) is 7.16. The lowest BCUT2D eigenvalue weighted by Crippen LogP contribution is -2.33. The number of carbonyl (C=O) groups is 1. The molecule has 0 aliphatic heterocycles. The molecule has 0 radical (unpaired) electrons. The van der Waals surface area contributed by atoms with Gasteiger partial charge in [-0.05, 0) is 72.7 Å². The Bertz CT molecular complexity index is 1300. The van der Waals surface area contributed by atoms with E-state index in [-0.39, 0.29) is 24.5 Å². The highest BCUT2D eigenvalue weighted by atomic mass is 16.5. The van der Waals surface area contributed by atoms with Crippen molar-refractivity contribution in [1.29, 1.82) is 0 Å². The number of hydrogen-bond donors (Lipinski definition) is 0. The van der Waals surface area contributed by atoms with Gasteiger partial charge in [0.25, 0.3) is 0 Å². The second-order valence-electron chi connectivity index (χ2n) is 9.69. The van der Waals surface area contributed by atoms with Crippen molar-refractivity contribution in [3.8, 4) is 11.1 Å². The topological polar surface area (TPSA) is 29.5 Å². The maximum atomic E-state index is 12.9. The molecule has 37 heavy (non-hydrogen) atoms. The quantitative estimate of drug-likeness (QED) is 0.209. The molecule has 190 valence electrons. The average molecular weight is 492 g/mol. The first-order valence-corrected chi connectivity index (χ1v) is 13.1. The largest absolute Gasteiger partial charge is 0.466 e. The van der Waals surface area contributed by atoms with Crippen molar-refractivity contribution in [1.82, 2.24) is 4.90 Å². The summed E-state index contributed by atoms with van der Waals surface area (Å²) in [5, 5.41) is 0. The predicted octanol–water partition coefficient (Wildman–Crippen LogP) is 8.23. The van der Waals surface area contributed by atoms with E-state index in [2.05, 4.69) is 117 Å². The standard InChI is InChI=1S/C34H37NO2/c1-5-37-34(36)23-33(32-18-12-17-30(22-32)31-20-19-25(2)26(3)21-31)35(24-28-13-8-6-9-14-28)27(4)29-15-10-7-11-16-29/h6-22,27,33H,5,23-24H2,1-4H3/t27-,33+/m1/s1. The van der Waals surface area contributed by atoms with Crippen LogP contribution in [0, 0.1) is 13.8 Å². The summed E-state index contributed by atoms with van der Waals surface area (Å²) in [5.41, 5.74) is 8.44. The fourth-order valence-electron chi connectivity index (χ4n) is 4.89. The zero-order valence-corrected chi connectivity index (χ0v) is 22.4. The first-order valence-electron chi connectivity index (χ1n) is 13.1. The number of carbonyl (C=O) groups excluding carboxylic acids is 1. The number of esters is 1. The second-order valence-corrected chi connectivity index (χ2v) is 9.69. The van der Waals surface area contributed by atoms with Gasteiger partial charge in [-0.2, -0.15) is 0 Å². The summed E-state index contributed by atoms with van der Waals surface area (Å²) < 4.78 is 5.46. The Morgan fingerprint density at radius 3 is 2.08 bits per heavy atom. The van der Waals surface area contributed by atoms with Crippen molar-refractivity contribution in [3.05, 3.63) is 131 Å². The van der Waals surface area contributed by atoms with Crippen LogP contribution >= 0.6 is 0 Å². The van der Waals surface area contributed by atoms with Crippen LogP contribution in [0.2, 0.25) is 0 Å². The van der Waals surface area contributed by atoms with Gasteiger partial charge < -0.3 is 4.74 Å². The van der Waals surface area contributed by atoms with Gasteiger partial charge in [0.15, 0.2) is 0 Å². The third-order valence-corrected chi connectivity index (χ3v) is 7.16. The van der Waals surface area contributed by atoms with E-state index in [4.69, 9.17) is 4.74 Å². The first-order chi connectivity index (χ1) is 18.0. The lowest BCUT2D eigenvalue weighted by atomic mass is 9.93. The SMILES string of the molecule is CCOC(=O)C[C@@H](c1cccc(-c2ccc(C)c(C)c2)c1)N(Cc1ccccc1)[C@H](C)c1ccccc1. The van der Waals surface area contributed by atoms with Crippen LogP contribution in [0.5, 0.6) is 0 Å².